The number of carboxylic acid groups (broad SMARTS) is 1. The second-order valence-corrected chi connectivity index (χ2v) is 3.46. The van der Waals surface area contributed by atoms with Gasteiger partial charge in [-0.05, 0) is 12.1 Å². The molecule has 0 bridgehead atoms. The van der Waals surface area contributed by atoms with Crippen LogP contribution in [-0.2, 0) is 4.79 Å². The molecule has 0 saturated carbocycles. The molecule has 1 aliphatic carbocycles. The van der Waals surface area contributed by atoms with Gasteiger partial charge in [0, 0.05) is 18.7 Å². The van der Waals surface area contributed by atoms with E-state index in [1.165, 1.54) is 6.08 Å². The third-order valence-electron chi connectivity index (χ3n) is 2.32. The summed E-state index contributed by atoms with van der Waals surface area (Å²) in [7, 11) is 0. The third-order valence-corrected chi connectivity index (χ3v) is 2.32. The van der Waals surface area contributed by atoms with Crippen LogP contribution in [0.2, 0.25) is 0 Å². The van der Waals surface area contributed by atoms with Gasteiger partial charge in [0.15, 0.2) is 0 Å². The van der Waals surface area contributed by atoms with Crippen LogP contribution in [0.4, 0.5) is 0 Å². The van der Waals surface area contributed by atoms with E-state index in [9.17, 15) is 9.90 Å². The Morgan fingerprint density at radius 1 is 1.44 bits per heavy atom. The first kappa shape index (κ1) is 10.4. The predicted octanol–water partition coefficient (Wildman–Crippen LogP) is 1.80. The zero-order valence-corrected chi connectivity index (χ0v) is 8.54. The van der Waals surface area contributed by atoms with Crippen molar-refractivity contribution >= 4 is 5.97 Å². The van der Waals surface area contributed by atoms with Crippen LogP contribution in [0.3, 0.4) is 0 Å². The molecule has 0 fully saturated rings. The predicted molar refractivity (Wildman–Crippen MR) is 58.1 cm³/mol. The normalized spacial score (nSPS) is 23.0. The van der Waals surface area contributed by atoms with Gasteiger partial charge in [-0.3, -0.25) is 0 Å². The van der Waals surface area contributed by atoms with Crippen molar-refractivity contribution in [1.29, 1.82) is 0 Å². The summed E-state index contributed by atoms with van der Waals surface area (Å²) in [6.45, 7) is 0. The Labute approximate surface area is 92.9 Å². The molecule has 1 atom stereocenters. The van der Waals surface area contributed by atoms with Crippen LogP contribution in [0.5, 0.6) is 5.88 Å². The van der Waals surface area contributed by atoms with E-state index in [-0.39, 0.29) is 0 Å². The maximum Gasteiger partial charge on any atom is 0.352 e. The Bertz CT molecular complexity index is 439. The third kappa shape index (κ3) is 1.95. The molecule has 1 aromatic heterocycles. The van der Waals surface area contributed by atoms with Crippen molar-refractivity contribution in [2.24, 2.45) is 0 Å². The SMILES string of the molecule is O=C(O)C1(Oc2ccccn2)C=CC=CC1. The Morgan fingerprint density at radius 2 is 2.31 bits per heavy atom. The van der Waals surface area contributed by atoms with Gasteiger partial charge < -0.3 is 9.84 Å². The van der Waals surface area contributed by atoms with Gasteiger partial charge in [0.05, 0.1) is 0 Å². The zero-order chi connectivity index (χ0) is 11.4. The van der Waals surface area contributed by atoms with Gasteiger partial charge in [0.25, 0.3) is 0 Å². The largest absolute Gasteiger partial charge is 0.478 e. The fraction of sp³-hybridized carbons (Fsp3) is 0.167. The first-order valence-corrected chi connectivity index (χ1v) is 4.91. The summed E-state index contributed by atoms with van der Waals surface area (Å²) in [6, 6.07) is 5.13. The first-order valence-electron chi connectivity index (χ1n) is 4.91. The van der Waals surface area contributed by atoms with Crippen LogP contribution in [0.15, 0.2) is 48.7 Å². The van der Waals surface area contributed by atoms with Crippen LogP contribution >= 0.6 is 0 Å². The van der Waals surface area contributed by atoms with Crippen LogP contribution in [0, 0.1) is 0 Å². The van der Waals surface area contributed by atoms with Gasteiger partial charge in [-0.2, -0.15) is 0 Å². The molecule has 16 heavy (non-hydrogen) atoms. The first-order chi connectivity index (χ1) is 7.73. The summed E-state index contributed by atoms with van der Waals surface area (Å²) in [5.74, 6) is -0.705. The highest BCUT2D eigenvalue weighted by Gasteiger charge is 2.38. The van der Waals surface area contributed by atoms with E-state index in [2.05, 4.69) is 4.98 Å². The molecular formula is C12H11NO3. The number of carboxylic acids is 1. The Hall–Kier alpha value is -2.10. The van der Waals surface area contributed by atoms with Crippen molar-refractivity contribution in [3.63, 3.8) is 0 Å². The number of ether oxygens (including phenoxy) is 1. The Morgan fingerprint density at radius 3 is 2.88 bits per heavy atom. The lowest BCUT2D eigenvalue weighted by Gasteiger charge is -2.26. The highest BCUT2D eigenvalue weighted by molar-refractivity contribution is 5.81. The lowest BCUT2D eigenvalue weighted by molar-refractivity contribution is -0.151. The van der Waals surface area contributed by atoms with E-state index >= 15 is 0 Å². The van der Waals surface area contributed by atoms with Gasteiger partial charge in [0.1, 0.15) is 0 Å². The van der Waals surface area contributed by atoms with Crippen LogP contribution in [0.1, 0.15) is 6.42 Å². The van der Waals surface area contributed by atoms with E-state index < -0.39 is 11.6 Å². The second kappa shape index (κ2) is 4.18. The summed E-state index contributed by atoms with van der Waals surface area (Å²) in [5.41, 5.74) is -1.33. The summed E-state index contributed by atoms with van der Waals surface area (Å²) >= 11 is 0. The molecule has 0 spiro atoms. The van der Waals surface area contributed by atoms with Crippen molar-refractivity contribution in [2.45, 2.75) is 12.0 Å². The minimum absolute atomic E-state index is 0.301. The van der Waals surface area contributed by atoms with Crippen LogP contribution in [0.25, 0.3) is 0 Å². The Balaban J connectivity index is 2.25. The number of rotatable bonds is 3. The van der Waals surface area contributed by atoms with Crippen molar-refractivity contribution < 1.29 is 14.6 Å². The van der Waals surface area contributed by atoms with Crippen LogP contribution < -0.4 is 4.74 Å². The average Bonchev–Trinajstić information content (AvgIpc) is 2.31. The van der Waals surface area contributed by atoms with E-state index in [4.69, 9.17) is 4.74 Å². The lowest BCUT2D eigenvalue weighted by Crippen LogP contribution is -2.43. The molecule has 2 rings (SSSR count). The number of aliphatic carboxylic acids is 1. The molecule has 1 aromatic rings. The molecule has 1 aliphatic rings. The molecule has 4 nitrogen and oxygen atoms in total. The zero-order valence-electron chi connectivity index (χ0n) is 8.54. The molecule has 0 radical (unpaired) electrons. The molecule has 0 amide bonds. The standard InChI is InChI=1S/C12H11NO3/c14-11(15)12(7-3-1-4-8-12)16-10-6-2-5-9-13-10/h1-7,9H,8H2,(H,14,15). The summed E-state index contributed by atoms with van der Waals surface area (Å²) < 4.78 is 5.46. The number of hydrogen-bond acceptors (Lipinski definition) is 3. The van der Waals surface area contributed by atoms with Gasteiger partial charge in [-0.15, -0.1) is 0 Å². The topological polar surface area (TPSA) is 59.4 Å². The second-order valence-electron chi connectivity index (χ2n) is 3.46. The van der Waals surface area contributed by atoms with E-state index in [0.717, 1.165) is 0 Å². The molecule has 0 saturated heterocycles. The van der Waals surface area contributed by atoms with E-state index in [1.54, 1.807) is 42.6 Å². The minimum atomic E-state index is -1.33. The fourth-order valence-corrected chi connectivity index (χ4v) is 1.47. The number of hydrogen-bond donors (Lipinski definition) is 1. The molecule has 0 aromatic carbocycles. The molecule has 0 aliphatic heterocycles. The molecule has 1 N–H and O–H groups in total. The number of carbonyl (C=O) groups is 1. The molecule has 1 heterocycles. The van der Waals surface area contributed by atoms with Gasteiger partial charge in [0.2, 0.25) is 11.5 Å². The number of nitrogens with zero attached hydrogens (tertiary/aromatic N) is 1. The summed E-state index contributed by atoms with van der Waals surface area (Å²) in [5, 5.41) is 9.21. The van der Waals surface area contributed by atoms with Gasteiger partial charge in [-0.25, -0.2) is 9.78 Å². The molecule has 1 unspecified atom stereocenters. The maximum absolute atomic E-state index is 11.2. The summed E-state index contributed by atoms with van der Waals surface area (Å²) in [4.78, 5) is 15.2. The van der Waals surface area contributed by atoms with E-state index in [0.29, 0.717) is 12.3 Å². The van der Waals surface area contributed by atoms with Crippen molar-refractivity contribution in [1.82, 2.24) is 4.98 Å². The smallest absolute Gasteiger partial charge is 0.352 e. The molecule has 82 valence electrons. The average molecular weight is 217 g/mol. The monoisotopic (exact) mass is 217 g/mol. The molecule has 4 heteroatoms. The quantitative estimate of drug-likeness (QED) is 0.838. The van der Waals surface area contributed by atoms with Crippen molar-refractivity contribution in [2.75, 3.05) is 0 Å². The fourth-order valence-electron chi connectivity index (χ4n) is 1.47. The van der Waals surface area contributed by atoms with Crippen LogP contribution in [-0.4, -0.2) is 21.7 Å². The highest BCUT2D eigenvalue weighted by atomic mass is 16.5. The summed E-state index contributed by atoms with van der Waals surface area (Å²) in [6.07, 6.45) is 8.62. The number of aromatic nitrogens is 1. The Kier molecular flexibility index (Phi) is 2.72. The van der Waals surface area contributed by atoms with Crippen molar-refractivity contribution in [3.8, 4) is 5.88 Å². The lowest BCUT2D eigenvalue weighted by atomic mass is 9.95. The highest BCUT2D eigenvalue weighted by Crippen LogP contribution is 2.24. The number of pyridine rings is 1. The maximum atomic E-state index is 11.2. The van der Waals surface area contributed by atoms with Gasteiger partial charge in [-0.1, -0.05) is 24.3 Å². The molecular weight excluding hydrogens is 206 g/mol. The van der Waals surface area contributed by atoms with E-state index in [1.807, 2.05) is 0 Å². The number of allylic oxidation sites excluding steroid dienone is 2. The minimum Gasteiger partial charge on any atom is -0.478 e. The van der Waals surface area contributed by atoms with Crippen molar-refractivity contribution in [3.05, 3.63) is 48.7 Å². The van der Waals surface area contributed by atoms with Gasteiger partial charge >= 0.3 is 5.97 Å².